The summed E-state index contributed by atoms with van der Waals surface area (Å²) in [5.41, 5.74) is 1.63. The molecule has 0 fully saturated rings. The lowest BCUT2D eigenvalue weighted by atomic mass is 10.2. The maximum absolute atomic E-state index is 12.6. The number of anilines is 1. The van der Waals surface area contributed by atoms with E-state index in [1.807, 2.05) is 62.4 Å². The van der Waals surface area contributed by atoms with Crippen molar-refractivity contribution in [1.82, 2.24) is 4.98 Å². The second-order valence-corrected chi connectivity index (χ2v) is 6.92. The van der Waals surface area contributed by atoms with E-state index in [4.69, 9.17) is 16.3 Å². The minimum atomic E-state index is -0.110. The predicted octanol–water partition coefficient (Wildman–Crippen LogP) is 4.77. The van der Waals surface area contributed by atoms with Crippen LogP contribution in [0, 0.1) is 0 Å². The van der Waals surface area contributed by atoms with E-state index < -0.39 is 0 Å². The second-order valence-electron chi connectivity index (χ2n) is 5.55. The number of fused-ring (bicyclic) bond motifs is 1. The number of halogens is 1. The molecule has 0 N–H and O–H groups in total. The summed E-state index contributed by atoms with van der Waals surface area (Å²) >= 11 is 7.49. The Labute approximate surface area is 149 Å². The van der Waals surface area contributed by atoms with E-state index in [0.29, 0.717) is 10.2 Å². The fourth-order valence-corrected chi connectivity index (χ4v) is 3.57. The molecule has 0 saturated carbocycles. The van der Waals surface area contributed by atoms with Gasteiger partial charge < -0.3 is 9.64 Å². The van der Waals surface area contributed by atoms with E-state index in [2.05, 4.69) is 4.98 Å². The highest BCUT2D eigenvalue weighted by atomic mass is 35.5. The average molecular weight is 361 g/mol. The molecule has 0 atom stereocenters. The van der Waals surface area contributed by atoms with Crippen LogP contribution in [0.25, 0.3) is 10.2 Å². The molecule has 0 spiro atoms. The van der Waals surface area contributed by atoms with Gasteiger partial charge in [0, 0.05) is 11.7 Å². The Morgan fingerprint density at radius 1 is 1.21 bits per heavy atom. The number of carbonyl (C=O) groups is 1. The zero-order valence-electron chi connectivity index (χ0n) is 13.4. The monoisotopic (exact) mass is 360 g/mol. The largest absolute Gasteiger partial charge is 0.460 e. The first-order chi connectivity index (χ1) is 11.6. The number of nitrogens with zero attached hydrogens (tertiary/aromatic N) is 2. The molecule has 4 nitrogen and oxygen atoms in total. The smallest absolute Gasteiger partial charge is 0.274 e. The van der Waals surface area contributed by atoms with Crippen LogP contribution in [0.4, 0.5) is 5.69 Å². The van der Waals surface area contributed by atoms with Gasteiger partial charge in [-0.2, -0.15) is 0 Å². The van der Waals surface area contributed by atoms with Gasteiger partial charge in [0.25, 0.3) is 11.1 Å². The standard InChI is InChI=1S/C18H17ClN2O2S/c1-12(2)21(13-7-4-3-5-8-13)16(22)11-23-18-20-15-10-6-9-14(19)17(15)24-18/h3-10,12H,11H2,1-2H3. The first kappa shape index (κ1) is 16.7. The van der Waals surface area contributed by atoms with Crippen molar-refractivity contribution < 1.29 is 9.53 Å². The number of aromatic nitrogens is 1. The molecular formula is C18H17ClN2O2S. The number of carbonyl (C=O) groups excluding carboxylic acids is 1. The van der Waals surface area contributed by atoms with Gasteiger partial charge in [-0.1, -0.05) is 47.2 Å². The third-order valence-electron chi connectivity index (χ3n) is 3.49. The van der Waals surface area contributed by atoms with E-state index in [1.165, 1.54) is 11.3 Å². The van der Waals surface area contributed by atoms with Gasteiger partial charge in [-0.3, -0.25) is 4.79 Å². The van der Waals surface area contributed by atoms with Crippen LogP contribution in [0.5, 0.6) is 5.19 Å². The molecule has 3 rings (SSSR count). The zero-order chi connectivity index (χ0) is 17.1. The summed E-state index contributed by atoms with van der Waals surface area (Å²) in [4.78, 5) is 18.7. The Bertz CT molecular complexity index is 849. The topological polar surface area (TPSA) is 42.4 Å². The van der Waals surface area contributed by atoms with Crippen LogP contribution in [0.15, 0.2) is 48.5 Å². The Hall–Kier alpha value is -2.11. The van der Waals surface area contributed by atoms with Crippen molar-refractivity contribution in [3.05, 3.63) is 53.6 Å². The number of hydrogen-bond donors (Lipinski definition) is 0. The molecule has 24 heavy (non-hydrogen) atoms. The van der Waals surface area contributed by atoms with Crippen LogP contribution < -0.4 is 9.64 Å². The van der Waals surface area contributed by atoms with Gasteiger partial charge in [-0.05, 0) is 38.1 Å². The minimum Gasteiger partial charge on any atom is -0.460 e. The summed E-state index contributed by atoms with van der Waals surface area (Å²) in [6.45, 7) is 3.88. The molecule has 0 aliphatic rings. The average Bonchev–Trinajstić information content (AvgIpc) is 2.98. The fraction of sp³-hybridized carbons (Fsp3) is 0.222. The Morgan fingerprint density at radius 3 is 2.62 bits per heavy atom. The number of para-hydroxylation sites is 1. The molecule has 1 amide bonds. The molecule has 0 aliphatic heterocycles. The van der Waals surface area contributed by atoms with Crippen molar-refractivity contribution in [2.75, 3.05) is 11.5 Å². The molecule has 3 aromatic rings. The number of ether oxygens (including phenoxy) is 1. The van der Waals surface area contributed by atoms with Gasteiger partial charge in [0.15, 0.2) is 6.61 Å². The third-order valence-corrected chi connectivity index (χ3v) is 4.93. The first-order valence-corrected chi connectivity index (χ1v) is 8.80. The second kappa shape index (κ2) is 7.20. The summed E-state index contributed by atoms with van der Waals surface area (Å²) in [6.07, 6.45) is 0. The van der Waals surface area contributed by atoms with E-state index in [-0.39, 0.29) is 18.6 Å². The van der Waals surface area contributed by atoms with Crippen LogP contribution in [0.1, 0.15) is 13.8 Å². The molecule has 1 heterocycles. The first-order valence-electron chi connectivity index (χ1n) is 7.61. The highest BCUT2D eigenvalue weighted by molar-refractivity contribution is 7.20. The number of amides is 1. The van der Waals surface area contributed by atoms with E-state index in [1.54, 1.807) is 4.90 Å². The van der Waals surface area contributed by atoms with Crippen molar-refractivity contribution in [1.29, 1.82) is 0 Å². The minimum absolute atomic E-state index is 0.0355. The molecule has 0 saturated heterocycles. The molecule has 0 radical (unpaired) electrons. The Morgan fingerprint density at radius 2 is 1.96 bits per heavy atom. The van der Waals surface area contributed by atoms with Crippen molar-refractivity contribution in [2.45, 2.75) is 19.9 Å². The number of thiazole rings is 1. The molecule has 0 bridgehead atoms. The highest BCUT2D eigenvalue weighted by Gasteiger charge is 2.20. The molecule has 6 heteroatoms. The van der Waals surface area contributed by atoms with Gasteiger partial charge in [-0.25, -0.2) is 4.98 Å². The van der Waals surface area contributed by atoms with Crippen LogP contribution >= 0.6 is 22.9 Å². The lowest BCUT2D eigenvalue weighted by molar-refractivity contribution is -0.120. The van der Waals surface area contributed by atoms with Crippen molar-refractivity contribution in [3.8, 4) is 5.19 Å². The van der Waals surface area contributed by atoms with Crippen LogP contribution in [0.2, 0.25) is 5.02 Å². The highest BCUT2D eigenvalue weighted by Crippen LogP contribution is 2.33. The maximum atomic E-state index is 12.6. The van der Waals surface area contributed by atoms with Gasteiger partial charge >= 0.3 is 0 Å². The van der Waals surface area contributed by atoms with Crippen molar-refractivity contribution in [2.24, 2.45) is 0 Å². The normalized spacial score (nSPS) is 11.0. The SMILES string of the molecule is CC(C)N(C(=O)COc1nc2cccc(Cl)c2s1)c1ccccc1. The molecule has 124 valence electrons. The van der Waals surface area contributed by atoms with Gasteiger partial charge in [-0.15, -0.1) is 0 Å². The molecular weight excluding hydrogens is 344 g/mol. The summed E-state index contributed by atoms with van der Waals surface area (Å²) in [6, 6.07) is 15.1. The van der Waals surface area contributed by atoms with Crippen molar-refractivity contribution >= 4 is 44.7 Å². The van der Waals surface area contributed by atoms with Crippen LogP contribution in [-0.2, 0) is 4.79 Å². The van der Waals surface area contributed by atoms with Gasteiger partial charge in [0.05, 0.1) is 15.2 Å². The van der Waals surface area contributed by atoms with Gasteiger partial charge in [0.2, 0.25) is 0 Å². The van der Waals surface area contributed by atoms with Crippen molar-refractivity contribution in [3.63, 3.8) is 0 Å². The third kappa shape index (κ3) is 3.52. The Balaban J connectivity index is 1.74. The summed E-state index contributed by atoms with van der Waals surface area (Å²) < 4.78 is 6.48. The van der Waals surface area contributed by atoms with Gasteiger partial charge in [0.1, 0.15) is 0 Å². The Kier molecular flexibility index (Phi) is 5.02. The molecule has 0 unspecified atom stereocenters. The van der Waals surface area contributed by atoms with Crippen LogP contribution in [-0.4, -0.2) is 23.5 Å². The van der Waals surface area contributed by atoms with E-state index in [9.17, 15) is 4.79 Å². The lowest BCUT2D eigenvalue weighted by Gasteiger charge is -2.26. The molecule has 2 aromatic carbocycles. The molecule has 1 aromatic heterocycles. The van der Waals surface area contributed by atoms with E-state index in [0.717, 1.165) is 15.9 Å². The summed E-state index contributed by atoms with van der Waals surface area (Å²) in [5, 5.41) is 1.09. The number of rotatable bonds is 5. The lowest BCUT2D eigenvalue weighted by Crippen LogP contribution is -2.40. The zero-order valence-corrected chi connectivity index (χ0v) is 15.0. The number of benzene rings is 2. The summed E-state index contributed by atoms with van der Waals surface area (Å²) in [5.74, 6) is -0.110. The van der Waals surface area contributed by atoms with Crippen LogP contribution in [0.3, 0.4) is 0 Å². The maximum Gasteiger partial charge on any atom is 0.274 e. The van der Waals surface area contributed by atoms with E-state index >= 15 is 0 Å². The number of hydrogen-bond acceptors (Lipinski definition) is 4. The fourth-order valence-electron chi connectivity index (χ4n) is 2.47. The summed E-state index contributed by atoms with van der Waals surface area (Å²) in [7, 11) is 0. The predicted molar refractivity (Wildman–Crippen MR) is 99.2 cm³/mol. The quantitative estimate of drug-likeness (QED) is 0.658. The molecule has 0 aliphatic carbocycles.